The summed E-state index contributed by atoms with van der Waals surface area (Å²) < 4.78 is 5.49. The Bertz CT molecular complexity index is 440. The van der Waals surface area contributed by atoms with Gasteiger partial charge in [0, 0.05) is 12.6 Å². The third-order valence-electron chi connectivity index (χ3n) is 2.97. The summed E-state index contributed by atoms with van der Waals surface area (Å²) in [7, 11) is 0. The number of aliphatic hydroxyl groups is 1. The lowest BCUT2D eigenvalue weighted by Gasteiger charge is -2.19. The molecule has 0 saturated heterocycles. The SMILES string of the molecule is CC(C)CC(C)NCC(O)COc1ccccc1C#N. The molecule has 1 rings (SSSR count). The summed E-state index contributed by atoms with van der Waals surface area (Å²) in [5.74, 6) is 1.15. The van der Waals surface area contributed by atoms with E-state index in [1.54, 1.807) is 18.2 Å². The van der Waals surface area contributed by atoms with Gasteiger partial charge in [0.1, 0.15) is 24.5 Å². The van der Waals surface area contributed by atoms with Crippen molar-refractivity contribution in [2.45, 2.75) is 39.3 Å². The highest BCUT2D eigenvalue weighted by atomic mass is 16.5. The Morgan fingerprint density at radius 2 is 2.00 bits per heavy atom. The zero-order chi connectivity index (χ0) is 15.0. The number of hydrogen-bond donors (Lipinski definition) is 2. The van der Waals surface area contributed by atoms with Crippen molar-refractivity contribution >= 4 is 0 Å². The van der Waals surface area contributed by atoms with Gasteiger partial charge in [0.25, 0.3) is 0 Å². The summed E-state index contributed by atoms with van der Waals surface area (Å²) in [5, 5.41) is 22.1. The number of benzene rings is 1. The molecule has 0 aromatic heterocycles. The molecule has 0 saturated carbocycles. The van der Waals surface area contributed by atoms with E-state index in [1.807, 2.05) is 6.07 Å². The predicted octanol–water partition coefficient (Wildman–Crippen LogP) is 2.32. The average Bonchev–Trinajstić information content (AvgIpc) is 2.42. The number of nitrogens with zero attached hydrogens (tertiary/aromatic N) is 1. The van der Waals surface area contributed by atoms with Gasteiger partial charge in [-0.3, -0.25) is 0 Å². The van der Waals surface area contributed by atoms with Crippen LogP contribution in [0.1, 0.15) is 32.8 Å². The molecular weight excluding hydrogens is 252 g/mol. The molecule has 0 aliphatic heterocycles. The first kappa shape index (κ1) is 16.5. The van der Waals surface area contributed by atoms with E-state index in [-0.39, 0.29) is 6.61 Å². The Labute approximate surface area is 121 Å². The zero-order valence-corrected chi connectivity index (χ0v) is 12.5. The van der Waals surface area contributed by atoms with E-state index in [1.165, 1.54) is 0 Å². The first-order valence-corrected chi connectivity index (χ1v) is 7.06. The summed E-state index contributed by atoms with van der Waals surface area (Å²) in [5.41, 5.74) is 0.487. The van der Waals surface area contributed by atoms with Crippen molar-refractivity contribution in [3.8, 4) is 11.8 Å². The van der Waals surface area contributed by atoms with E-state index < -0.39 is 6.10 Å². The molecule has 0 radical (unpaired) electrons. The Morgan fingerprint density at radius 3 is 2.65 bits per heavy atom. The minimum atomic E-state index is -0.587. The maximum absolute atomic E-state index is 9.89. The van der Waals surface area contributed by atoms with Gasteiger partial charge in [-0.25, -0.2) is 0 Å². The van der Waals surface area contributed by atoms with Crippen LogP contribution < -0.4 is 10.1 Å². The van der Waals surface area contributed by atoms with Crippen LogP contribution in [0.2, 0.25) is 0 Å². The van der Waals surface area contributed by atoms with Gasteiger partial charge < -0.3 is 15.2 Å². The van der Waals surface area contributed by atoms with Gasteiger partial charge in [-0.2, -0.15) is 5.26 Å². The van der Waals surface area contributed by atoms with E-state index in [9.17, 15) is 5.11 Å². The summed E-state index contributed by atoms with van der Waals surface area (Å²) in [6.07, 6.45) is 0.488. The molecule has 4 heteroatoms. The monoisotopic (exact) mass is 276 g/mol. The van der Waals surface area contributed by atoms with Gasteiger partial charge in [0.2, 0.25) is 0 Å². The number of aliphatic hydroxyl groups excluding tert-OH is 1. The third-order valence-corrected chi connectivity index (χ3v) is 2.97. The lowest BCUT2D eigenvalue weighted by molar-refractivity contribution is 0.103. The molecule has 1 aromatic carbocycles. The highest BCUT2D eigenvalue weighted by Gasteiger charge is 2.10. The highest BCUT2D eigenvalue weighted by Crippen LogP contribution is 2.16. The van der Waals surface area contributed by atoms with Crippen LogP contribution in [0.4, 0.5) is 0 Å². The average molecular weight is 276 g/mol. The topological polar surface area (TPSA) is 65.3 Å². The van der Waals surface area contributed by atoms with Crippen molar-refractivity contribution in [2.24, 2.45) is 5.92 Å². The number of nitrogens with one attached hydrogen (secondary N) is 1. The molecule has 2 N–H and O–H groups in total. The Balaban J connectivity index is 2.33. The summed E-state index contributed by atoms with van der Waals surface area (Å²) >= 11 is 0. The fraction of sp³-hybridized carbons (Fsp3) is 0.562. The van der Waals surface area contributed by atoms with E-state index in [2.05, 4.69) is 32.2 Å². The lowest BCUT2D eigenvalue weighted by Crippen LogP contribution is -2.37. The molecule has 0 bridgehead atoms. The molecule has 0 spiro atoms. The normalized spacial score (nSPS) is 13.8. The van der Waals surface area contributed by atoms with Crippen LogP contribution in [0.3, 0.4) is 0 Å². The number of ether oxygens (including phenoxy) is 1. The van der Waals surface area contributed by atoms with Crippen molar-refractivity contribution in [3.63, 3.8) is 0 Å². The Hall–Kier alpha value is -1.57. The summed E-state index contributed by atoms with van der Waals surface area (Å²) in [6, 6.07) is 9.48. The maximum atomic E-state index is 9.89. The summed E-state index contributed by atoms with van der Waals surface area (Å²) in [6.45, 7) is 7.13. The second-order valence-electron chi connectivity index (χ2n) is 5.51. The van der Waals surface area contributed by atoms with Crippen LogP contribution in [0.5, 0.6) is 5.75 Å². The first-order valence-electron chi connectivity index (χ1n) is 7.06. The van der Waals surface area contributed by atoms with Gasteiger partial charge in [-0.1, -0.05) is 26.0 Å². The predicted molar refractivity (Wildman–Crippen MR) is 79.6 cm³/mol. The van der Waals surface area contributed by atoms with E-state index in [0.717, 1.165) is 6.42 Å². The van der Waals surface area contributed by atoms with Crippen LogP contribution in [-0.2, 0) is 0 Å². The fourth-order valence-corrected chi connectivity index (χ4v) is 2.06. The second-order valence-corrected chi connectivity index (χ2v) is 5.51. The lowest BCUT2D eigenvalue weighted by atomic mass is 10.1. The van der Waals surface area contributed by atoms with Gasteiger partial charge in [0.15, 0.2) is 0 Å². The molecule has 110 valence electrons. The molecular formula is C16H24N2O2. The van der Waals surface area contributed by atoms with Gasteiger partial charge in [-0.15, -0.1) is 0 Å². The smallest absolute Gasteiger partial charge is 0.137 e. The quantitative estimate of drug-likeness (QED) is 0.765. The van der Waals surface area contributed by atoms with Crippen LogP contribution in [-0.4, -0.2) is 30.4 Å². The largest absolute Gasteiger partial charge is 0.489 e. The minimum Gasteiger partial charge on any atom is -0.489 e. The molecule has 0 fully saturated rings. The van der Waals surface area contributed by atoms with Crippen LogP contribution in [0.15, 0.2) is 24.3 Å². The van der Waals surface area contributed by atoms with Crippen molar-refractivity contribution in [1.29, 1.82) is 5.26 Å². The van der Waals surface area contributed by atoms with Gasteiger partial charge in [-0.05, 0) is 31.4 Å². The molecule has 2 atom stereocenters. The second kappa shape index (κ2) is 8.57. The molecule has 20 heavy (non-hydrogen) atoms. The molecule has 0 aliphatic carbocycles. The van der Waals surface area contributed by atoms with Crippen molar-refractivity contribution in [2.75, 3.05) is 13.2 Å². The molecule has 0 amide bonds. The highest BCUT2D eigenvalue weighted by molar-refractivity contribution is 5.42. The van der Waals surface area contributed by atoms with Crippen LogP contribution in [0.25, 0.3) is 0 Å². The van der Waals surface area contributed by atoms with Crippen molar-refractivity contribution < 1.29 is 9.84 Å². The number of para-hydroxylation sites is 1. The summed E-state index contributed by atoms with van der Waals surface area (Å²) in [4.78, 5) is 0. The van der Waals surface area contributed by atoms with Crippen LogP contribution in [0, 0.1) is 17.2 Å². The zero-order valence-electron chi connectivity index (χ0n) is 12.5. The number of nitriles is 1. The Morgan fingerprint density at radius 1 is 1.30 bits per heavy atom. The van der Waals surface area contributed by atoms with Gasteiger partial charge in [0.05, 0.1) is 5.56 Å². The number of rotatable bonds is 8. The Kier molecular flexibility index (Phi) is 7.06. The van der Waals surface area contributed by atoms with Crippen molar-refractivity contribution in [1.82, 2.24) is 5.32 Å². The maximum Gasteiger partial charge on any atom is 0.137 e. The van der Waals surface area contributed by atoms with Crippen LogP contribution >= 0.6 is 0 Å². The van der Waals surface area contributed by atoms with E-state index >= 15 is 0 Å². The fourth-order valence-electron chi connectivity index (χ4n) is 2.06. The van der Waals surface area contributed by atoms with E-state index in [4.69, 9.17) is 10.00 Å². The molecule has 0 heterocycles. The molecule has 1 aromatic rings. The molecule has 0 aliphatic rings. The van der Waals surface area contributed by atoms with E-state index in [0.29, 0.717) is 29.8 Å². The number of hydrogen-bond acceptors (Lipinski definition) is 4. The van der Waals surface area contributed by atoms with Crippen molar-refractivity contribution in [3.05, 3.63) is 29.8 Å². The molecule has 4 nitrogen and oxygen atoms in total. The standard InChI is InChI=1S/C16H24N2O2/c1-12(2)8-13(3)18-10-15(19)11-20-16-7-5-4-6-14(16)9-17/h4-7,12-13,15,18-19H,8,10-11H2,1-3H3. The molecule has 2 unspecified atom stereocenters. The minimum absolute atomic E-state index is 0.181. The first-order chi connectivity index (χ1) is 9.52. The third kappa shape index (κ3) is 6.05. The van der Waals surface area contributed by atoms with Gasteiger partial charge >= 0.3 is 0 Å².